The summed E-state index contributed by atoms with van der Waals surface area (Å²) in [7, 11) is 1.75. The van der Waals surface area contributed by atoms with Gasteiger partial charge in [-0.2, -0.15) is 0 Å². The second kappa shape index (κ2) is 6.42. The van der Waals surface area contributed by atoms with Crippen molar-refractivity contribution in [2.45, 2.75) is 45.8 Å². The van der Waals surface area contributed by atoms with Crippen molar-refractivity contribution >= 4 is 10.9 Å². The zero-order chi connectivity index (χ0) is 14.6. The number of benzene rings is 1. The number of ether oxygens (including phenoxy) is 1. The highest BCUT2D eigenvalue weighted by atomic mass is 16.5. The highest BCUT2D eigenvalue weighted by Gasteiger charge is 2.09. The van der Waals surface area contributed by atoms with Gasteiger partial charge in [0.2, 0.25) is 0 Å². The minimum atomic E-state index is 0.154. The second-order valence-electron chi connectivity index (χ2n) is 6.35. The molecule has 0 aliphatic rings. The lowest BCUT2D eigenvalue weighted by molar-refractivity contribution is 0.190. The van der Waals surface area contributed by atoms with E-state index in [4.69, 9.17) is 4.74 Å². The number of aromatic nitrogens is 1. The molecule has 0 amide bonds. The van der Waals surface area contributed by atoms with Gasteiger partial charge in [-0.25, -0.2) is 0 Å². The maximum Gasteiger partial charge on any atom is 0.0480 e. The molecule has 0 aliphatic heterocycles. The topological polar surface area (TPSA) is 26.2 Å². The van der Waals surface area contributed by atoms with Gasteiger partial charge in [0.1, 0.15) is 0 Å². The van der Waals surface area contributed by atoms with Crippen LogP contribution in [0.2, 0.25) is 0 Å². The standard InChI is InChI=1S/C17H26N2O/c1-17(2,3)18-13-14-6-7-16-15(12-14)8-10-19(16)9-5-11-20-4/h6-8,10,12,18H,5,9,11,13H2,1-4H3. The number of nitrogens with zero attached hydrogens (tertiary/aromatic N) is 1. The predicted molar refractivity (Wildman–Crippen MR) is 85.0 cm³/mol. The summed E-state index contributed by atoms with van der Waals surface area (Å²) in [5.41, 5.74) is 2.80. The molecule has 0 saturated heterocycles. The Hall–Kier alpha value is -1.32. The van der Waals surface area contributed by atoms with E-state index >= 15 is 0 Å². The fourth-order valence-electron chi connectivity index (χ4n) is 2.30. The molecule has 1 aromatic heterocycles. The maximum absolute atomic E-state index is 5.11. The average Bonchev–Trinajstić information content (AvgIpc) is 2.79. The number of rotatable bonds is 6. The number of aryl methyl sites for hydroxylation is 1. The van der Waals surface area contributed by atoms with Crippen LogP contribution in [0.3, 0.4) is 0 Å². The molecule has 3 nitrogen and oxygen atoms in total. The molecule has 0 aliphatic carbocycles. The highest BCUT2D eigenvalue weighted by Crippen LogP contribution is 2.18. The quantitative estimate of drug-likeness (QED) is 0.815. The van der Waals surface area contributed by atoms with E-state index in [0.29, 0.717) is 0 Å². The minimum Gasteiger partial charge on any atom is -0.385 e. The van der Waals surface area contributed by atoms with Crippen LogP contribution in [0, 0.1) is 0 Å². The van der Waals surface area contributed by atoms with Crippen molar-refractivity contribution in [3.63, 3.8) is 0 Å². The zero-order valence-corrected chi connectivity index (χ0v) is 13.1. The van der Waals surface area contributed by atoms with Crippen molar-refractivity contribution < 1.29 is 4.74 Å². The van der Waals surface area contributed by atoms with Crippen molar-refractivity contribution in [2.75, 3.05) is 13.7 Å². The third kappa shape index (κ3) is 4.09. The predicted octanol–water partition coefficient (Wildman–Crippen LogP) is 3.57. The Morgan fingerprint density at radius 1 is 1.20 bits per heavy atom. The lowest BCUT2D eigenvalue weighted by Gasteiger charge is -2.20. The normalized spacial score (nSPS) is 12.2. The molecule has 0 spiro atoms. The molecule has 110 valence electrons. The number of methoxy groups -OCH3 is 1. The van der Waals surface area contributed by atoms with Gasteiger partial charge in [-0.1, -0.05) is 6.07 Å². The molecule has 0 radical (unpaired) electrons. The molecular weight excluding hydrogens is 248 g/mol. The van der Waals surface area contributed by atoms with Crippen LogP contribution >= 0.6 is 0 Å². The number of nitrogens with one attached hydrogen (secondary N) is 1. The first-order valence-corrected chi connectivity index (χ1v) is 7.31. The zero-order valence-electron chi connectivity index (χ0n) is 13.1. The first-order chi connectivity index (χ1) is 9.49. The highest BCUT2D eigenvalue weighted by molar-refractivity contribution is 5.80. The monoisotopic (exact) mass is 274 g/mol. The molecule has 0 fully saturated rings. The van der Waals surface area contributed by atoms with Crippen molar-refractivity contribution in [1.82, 2.24) is 9.88 Å². The number of fused-ring (bicyclic) bond motifs is 1. The third-order valence-electron chi connectivity index (χ3n) is 3.41. The van der Waals surface area contributed by atoms with Crippen molar-refractivity contribution in [2.24, 2.45) is 0 Å². The van der Waals surface area contributed by atoms with Crippen LogP contribution in [0.15, 0.2) is 30.5 Å². The Kier molecular flexibility index (Phi) is 4.84. The van der Waals surface area contributed by atoms with Crippen LogP contribution in [-0.4, -0.2) is 23.8 Å². The lowest BCUT2D eigenvalue weighted by atomic mass is 10.1. The van der Waals surface area contributed by atoms with Crippen LogP contribution in [0.25, 0.3) is 10.9 Å². The molecule has 1 N–H and O–H groups in total. The maximum atomic E-state index is 5.11. The lowest BCUT2D eigenvalue weighted by Crippen LogP contribution is -2.35. The molecule has 0 saturated carbocycles. The van der Waals surface area contributed by atoms with E-state index in [1.165, 1.54) is 16.5 Å². The van der Waals surface area contributed by atoms with Crippen molar-refractivity contribution in [3.05, 3.63) is 36.0 Å². The molecule has 1 aromatic carbocycles. The molecule has 0 bridgehead atoms. The van der Waals surface area contributed by atoms with Crippen LogP contribution in [0.5, 0.6) is 0 Å². The molecule has 2 rings (SSSR count). The average molecular weight is 274 g/mol. The summed E-state index contributed by atoms with van der Waals surface area (Å²) in [6, 6.07) is 8.92. The smallest absolute Gasteiger partial charge is 0.0480 e. The van der Waals surface area contributed by atoms with E-state index in [1.54, 1.807) is 7.11 Å². The summed E-state index contributed by atoms with van der Waals surface area (Å²) in [5, 5.41) is 4.84. The molecule has 0 atom stereocenters. The van der Waals surface area contributed by atoms with Crippen molar-refractivity contribution in [3.8, 4) is 0 Å². The van der Waals surface area contributed by atoms with E-state index in [-0.39, 0.29) is 5.54 Å². The molecule has 1 heterocycles. The van der Waals surface area contributed by atoms with E-state index in [1.807, 2.05) is 0 Å². The summed E-state index contributed by atoms with van der Waals surface area (Å²) in [4.78, 5) is 0. The molecule has 2 aromatic rings. The van der Waals surface area contributed by atoms with Gasteiger partial charge in [0.25, 0.3) is 0 Å². The molecular formula is C17H26N2O. The van der Waals surface area contributed by atoms with Crippen LogP contribution in [0.1, 0.15) is 32.8 Å². The first-order valence-electron chi connectivity index (χ1n) is 7.31. The van der Waals surface area contributed by atoms with Crippen LogP contribution in [-0.2, 0) is 17.8 Å². The first kappa shape index (κ1) is 15.1. The Morgan fingerprint density at radius 3 is 2.70 bits per heavy atom. The van der Waals surface area contributed by atoms with Crippen LogP contribution in [0.4, 0.5) is 0 Å². The van der Waals surface area contributed by atoms with Crippen LogP contribution < -0.4 is 5.32 Å². The van der Waals surface area contributed by atoms with Gasteiger partial charge < -0.3 is 14.6 Å². The van der Waals surface area contributed by atoms with Gasteiger partial charge in [0, 0.05) is 44.1 Å². The fourth-order valence-corrected chi connectivity index (χ4v) is 2.30. The largest absolute Gasteiger partial charge is 0.385 e. The summed E-state index contributed by atoms with van der Waals surface area (Å²) in [6.07, 6.45) is 3.22. The Bertz CT molecular complexity index is 552. The Morgan fingerprint density at radius 2 is 2.00 bits per heavy atom. The van der Waals surface area contributed by atoms with E-state index in [0.717, 1.165) is 26.1 Å². The van der Waals surface area contributed by atoms with Gasteiger partial charge in [0.05, 0.1) is 0 Å². The number of hydrogen-bond donors (Lipinski definition) is 1. The van der Waals surface area contributed by atoms with Gasteiger partial charge >= 0.3 is 0 Å². The van der Waals surface area contributed by atoms with Gasteiger partial charge in [-0.3, -0.25) is 0 Å². The molecule has 3 heteroatoms. The van der Waals surface area contributed by atoms with E-state index in [2.05, 4.69) is 61.1 Å². The molecule has 20 heavy (non-hydrogen) atoms. The summed E-state index contributed by atoms with van der Waals surface area (Å²) in [6.45, 7) is 9.31. The van der Waals surface area contributed by atoms with Gasteiger partial charge in [-0.15, -0.1) is 0 Å². The second-order valence-corrected chi connectivity index (χ2v) is 6.35. The summed E-state index contributed by atoms with van der Waals surface area (Å²) in [5.74, 6) is 0. The Balaban J connectivity index is 2.07. The molecule has 0 unspecified atom stereocenters. The van der Waals surface area contributed by atoms with Crippen molar-refractivity contribution in [1.29, 1.82) is 0 Å². The summed E-state index contributed by atoms with van der Waals surface area (Å²) >= 11 is 0. The third-order valence-corrected chi connectivity index (χ3v) is 3.41. The van der Waals surface area contributed by atoms with E-state index < -0.39 is 0 Å². The SMILES string of the molecule is COCCCn1ccc2cc(CNC(C)(C)C)ccc21. The Labute approximate surface area is 121 Å². The summed E-state index contributed by atoms with van der Waals surface area (Å²) < 4.78 is 7.41. The number of hydrogen-bond acceptors (Lipinski definition) is 2. The van der Waals surface area contributed by atoms with Gasteiger partial charge in [0.15, 0.2) is 0 Å². The fraction of sp³-hybridized carbons (Fsp3) is 0.529. The van der Waals surface area contributed by atoms with E-state index in [9.17, 15) is 0 Å². The van der Waals surface area contributed by atoms with Gasteiger partial charge in [-0.05, 0) is 56.3 Å². The minimum absolute atomic E-state index is 0.154.